The maximum atomic E-state index is 15.3. The molecule has 1 fully saturated rings. The van der Waals surface area contributed by atoms with Gasteiger partial charge in [0.2, 0.25) is 0 Å². The molecular weight excluding hydrogens is 409 g/mol. The average Bonchev–Trinajstić information content (AvgIpc) is 3.09. The van der Waals surface area contributed by atoms with E-state index in [1.54, 1.807) is 25.5 Å². The van der Waals surface area contributed by atoms with E-state index in [0.717, 1.165) is 46.8 Å². The lowest BCUT2D eigenvalue weighted by molar-refractivity contribution is 0.272. The van der Waals surface area contributed by atoms with Crippen molar-refractivity contribution in [3.05, 3.63) is 41.4 Å². The number of hydrogen-bond donors (Lipinski definition) is 3. The second kappa shape index (κ2) is 7.09. The Bertz CT molecular complexity index is 1350. The van der Waals surface area contributed by atoms with Crippen molar-refractivity contribution in [3.63, 3.8) is 0 Å². The number of nitrogens with one attached hydrogen (secondary N) is 2. The normalized spacial score (nSPS) is 22.2. The van der Waals surface area contributed by atoms with Gasteiger partial charge in [0.15, 0.2) is 5.75 Å². The molecule has 164 valence electrons. The molecule has 32 heavy (non-hydrogen) atoms. The summed E-state index contributed by atoms with van der Waals surface area (Å²) in [4.78, 5) is 21.3. The van der Waals surface area contributed by atoms with E-state index in [4.69, 9.17) is 15.5 Å². The highest BCUT2D eigenvalue weighted by atomic mass is 19.1. The van der Waals surface area contributed by atoms with Gasteiger partial charge in [-0.15, -0.1) is 0 Å². The Kier molecular flexibility index (Phi) is 4.29. The van der Waals surface area contributed by atoms with Gasteiger partial charge in [-0.2, -0.15) is 9.97 Å². The third-order valence-corrected chi connectivity index (χ3v) is 6.87. The Morgan fingerprint density at radius 1 is 1.19 bits per heavy atom. The lowest BCUT2D eigenvalue weighted by atomic mass is 9.73. The molecule has 4 aromatic rings. The van der Waals surface area contributed by atoms with Crippen LogP contribution < -0.4 is 15.8 Å². The molecule has 1 aromatic carbocycles. The van der Waals surface area contributed by atoms with Gasteiger partial charge in [0, 0.05) is 29.8 Å². The van der Waals surface area contributed by atoms with Crippen molar-refractivity contribution in [2.45, 2.75) is 44.6 Å². The van der Waals surface area contributed by atoms with E-state index >= 15 is 4.39 Å². The van der Waals surface area contributed by atoms with E-state index < -0.39 is 0 Å². The predicted molar refractivity (Wildman–Crippen MR) is 120 cm³/mol. The van der Waals surface area contributed by atoms with Gasteiger partial charge >= 0.3 is 6.01 Å². The molecule has 1 saturated carbocycles. The van der Waals surface area contributed by atoms with Crippen LogP contribution in [0.3, 0.4) is 0 Å². The molecule has 6 rings (SSSR count). The number of ether oxygens (including phenoxy) is 1. The summed E-state index contributed by atoms with van der Waals surface area (Å²) in [6, 6.07) is 1.92. The van der Waals surface area contributed by atoms with Crippen LogP contribution in [-0.4, -0.2) is 38.0 Å². The monoisotopic (exact) mass is 433 g/mol. The third kappa shape index (κ3) is 2.91. The largest absolute Gasteiger partial charge is 0.421 e. The first-order chi connectivity index (χ1) is 15.5. The number of aromatic nitrogens is 5. The van der Waals surface area contributed by atoms with Crippen molar-refractivity contribution in [1.82, 2.24) is 24.9 Å². The number of rotatable bonds is 3. The summed E-state index contributed by atoms with van der Waals surface area (Å²) in [6.07, 6.45) is 6.52. The van der Waals surface area contributed by atoms with E-state index in [-0.39, 0.29) is 29.7 Å². The number of H-pyrrole nitrogens is 1. The number of hydrogen-bond acceptors (Lipinski definition) is 7. The predicted octanol–water partition coefficient (Wildman–Crippen LogP) is 3.95. The molecule has 2 aliphatic carbocycles. The van der Waals surface area contributed by atoms with Crippen LogP contribution in [-0.2, 0) is 6.42 Å². The number of aromatic amines is 1. The van der Waals surface area contributed by atoms with Crippen LogP contribution in [0, 0.1) is 18.7 Å². The molecule has 4 N–H and O–H groups in total. The minimum Gasteiger partial charge on any atom is -0.421 e. The fourth-order valence-electron chi connectivity index (χ4n) is 5.41. The summed E-state index contributed by atoms with van der Waals surface area (Å²) in [5.41, 5.74) is 10.1. The van der Waals surface area contributed by atoms with Gasteiger partial charge in [-0.3, -0.25) is 0 Å². The Hall–Kier alpha value is -3.33. The number of aryl methyl sites for hydroxylation is 1. The van der Waals surface area contributed by atoms with E-state index in [9.17, 15) is 0 Å². The molecule has 2 aliphatic rings. The number of nitrogens with zero attached hydrogens (tertiary/aromatic N) is 4. The molecule has 0 bridgehead atoms. The van der Waals surface area contributed by atoms with Crippen LogP contribution in [0.25, 0.3) is 21.9 Å². The maximum absolute atomic E-state index is 15.3. The molecule has 0 aliphatic heterocycles. The van der Waals surface area contributed by atoms with Crippen LogP contribution >= 0.6 is 0 Å². The Morgan fingerprint density at radius 2 is 2.00 bits per heavy atom. The Labute approximate surface area is 183 Å². The summed E-state index contributed by atoms with van der Waals surface area (Å²) >= 11 is 0. The highest BCUT2D eigenvalue weighted by molar-refractivity contribution is 6.13. The van der Waals surface area contributed by atoms with Crippen LogP contribution in [0.1, 0.15) is 42.3 Å². The van der Waals surface area contributed by atoms with Crippen LogP contribution in [0.4, 0.5) is 10.1 Å². The van der Waals surface area contributed by atoms with Crippen molar-refractivity contribution in [3.8, 4) is 11.8 Å². The van der Waals surface area contributed by atoms with Gasteiger partial charge in [-0.1, -0.05) is 0 Å². The van der Waals surface area contributed by atoms with Gasteiger partial charge in [0.1, 0.15) is 17.3 Å². The Balaban J connectivity index is 1.60. The van der Waals surface area contributed by atoms with Crippen molar-refractivity contribution in [2.75, 3.05) is 12.4 Å². The SMILES string of the molecule is CNc1cc(F)c2c3c1[nH]c1nc(Oc4cnc(C)nc4)nc(c13)C1CCC(N)CC1C2. The minimum atomic E-state index is -0.203. The molecule has 9 heteroatoms. The first-order valence-corrected chi connectivity index (χ1v) is 11.0. The first kappa shape index (κ1) is 19.4. The first-order valence-electron chi connectivity index (χ1n) is 11.0. The highest BCUT2D eigenvalue weighted by Gasteiger charge is 2.37. The zero-order valence-electron chi connectivity index (χ0n) is 17.9. The zero-order valence-corrected chi connectivity index (χ0v) is 17.9. The van der Waals surface area contributed by atoms with Gasteiger partial charge < -0.3 is 20.8 Å². The number of halogens is 1. The minimum absolute atomic E-state index is 0.128. The lowest BCUT2D eigenvalue weighted by Gasteiger charge is -2.34. The molecule has 3 aromatic heterocycles. The molecule has 3 heterocycles. The molecule has 0 amide bonds. The van der Waals surface area contributed by atoms with E-state index in [0.29, 0.717) is 29.3 Å². The number of anilines is 1. The van der Waals surface area contributed by atoms with E-state index in [1.807, 2.05) is 6.92 Å². The molecule has 3 unspecified atom stereocenters. The van der Waals surface area contributed by atoms with Gasteiger partial charge in [0.25, 0.3) is 0 Å². The maximum Gasteiger partial charge on any atom is 0.324 e. The lowest BCUT2D eigenvalue weighted by Crippen LogP contribution is -2.33. The highest BCUT2D eigenvalue weighted by Crippen LogP contribution is 2.48. The van der Waals surface area contributed by atoms with Gasteiger partial charge in [-0.25, -0.2) is 14.4 Å². The average molecular weight is 433 g/mol. The molecule has 0 spiro atoms. The van der Waals surface area contributed by atoms with Crippen molar-refractivity contribution >= 4 is 27.6 Å². The molecule has 8 nitrogen and oxygen atoms in total. The third-order valence-electron chi connectivity index (χ3n) is 6.87. The quantitative estimate of drug-likeness (QED) is 0.448. The van der Waals surface area contributed by atoms with Gasteiger partial charge in [-0.05, 0) is 50.2 Å². The fourth-order valence-corrected chi connectivity index (χ4v) is 5.41. The van der Waals surface area contributed by atoms with Crippen molar-refractivity contribution in [2.24, 2.45) is 11.7 Å². The Morgan fingerprint density at radius 3 is 2.78 bits per heavy atom. The number of fused-ring (bicyclic) bond motifs is 2. The topological polar surface area (TPSA) is 115 Å². The molecular formula is C23H24FN7O. The van der Waals surface area contributed by atoms with Gasteiger partial charge in [0.05, 0.1) is 29.3 Å². The fraction of sp³-hybridized carbons (Fsp3) is 0.391. The van der Waals surface area contributed by atoms with E-state index in [2.05, 4.69) is 25.3 Å². The molecule has 0 saturated heterocycles. The summed E-state index contributed by atoms with van der Waals surface area (Å²) in [7, 11) is 1.79. The summed E-state index contributed by atoms with van der Waals surface area (Å²) in [5, 5.41) is 4.86. The number of nitrogens with two attached hydrogens (primary N) is 1. The van der Waals surface area contributed by atoms with Crippen LogP contribution in [0.15, 0.2) is 18.5 Å². The van der Waals surface area contributed by atoms with Crippen LogP contribution in [0.5, 0.6) is 11.8 Å². The summed E-state index contributed by atoms with van der Waals surface area (Å²) in [5.74, 6) is 1.31. The standard InChI is InChI=1S/C23H24FN7O/c1-10-27-8-13(9-28-10)32-23-30-20-14-4-3-12(25)5-11(14)6-15-16(24)7-17(26-2)21-18(15)19(20)22(29-21)31-23/h7-9,11-12,14,26H,3-6,25H2,1-2H3,(H,29,30,31). The van der Waals surface area contributed by atoms with Crippen molar-refractivity contribution < 1.29 is 9.13 Å². The zero-order chi connectivity index (χ0) is 22.0. The smallest absolute Gasteiger partial charge is 0.324 e. The molecule has 0 radical (unpaired) electrons. The van der Waals surface area contributed by atoms with Crippen molar-refractivity contribution in [1.29, 1.82) is 0 Å². The summed E-state index contributed by atoms with van der Waals surface area (Å²) < 4.78 is 21.2. The molecule has 3 atom stereocenters. The van der Waals surface area contributed by atoms with Crippen LogP contribution in [0.2, 0.25) is 0 Å². The second-order valence-corrected chi connectivity index (χ2v) is 8.84. The number of benzene rings is 1. The second-order valence-electron chi connectivity index (χ2n) is 8.84. The van der Waals surface area contributed by atoms with E-state index in [1.165, 1.54) is 0 Å². The summed E-state index contributed by atoms with van der Waals surface area (Å²) in [6.45, 7) is 1.81.